The van der Waals surface area contributed by atoms with Gasteiger partial charge in [-0.15, -0.1) is 0 Å². The fraction of sp³-hybridized carbons (Fsp3) is 0.207. The summed E-state index contributed by atoms with van der Waals surface area (Å²) in [5, 5.41) is 2.47. The van der Waals surface area contributed by atoms with E-state index >= 15 is 0 Å². The fourth-order valence-corrected chi connectivity index (χ4v) is 11.0. The molecular weight excluding hydrogens is 711 g/mol. The quantitative estimate of drug-likeness (QED) is 0.163. The van der Waals surface area contributed by atoms with Crippen molar-refractivity contribution < 1.29 is 0 Å². The molecule has 59 heavy (non-hydrogen) atoms. The highest BCUT2D eigenvalue weighted by Gasteiger charge is 2.37. The van der Waals surface area contributed by atoms with Crippen LogP contribution in [0.4, 0.5) is 17.1 Å². The highest BCUT2D eigenvalue weighted by molar-refractivity contribution is 5.99. The maximum Gasteiger partial charge on any atom is 0.0546 e. The van der Waals surface area contributed by atoms with Crippen LogP contribution in [0.5, 0.6) is 0 Å². The molecule has 8 aromatic carbocycles. The van der Waals surface area contributed by atoms with Crippen molar-refractivity contribution in [2.45, 2.75) is 76.5 Å². The molecule has 1 saturated carbocycles. The molecule has 1 heteroatoms. The van der Waals surface area contributed by atoms with Gasteiger partial charge < -0.3 is 4.90 Å². The molecule has 8 aromatic rings. The van der Waals surface area contributed by atoms with Gasteiger partial charge in [-0.05, 0) is 139 Å². The van der Waals surface area contributed by atoms with Crippen molar-refractivity contribution in [3.8, 4) is 44.5 Å². The zero-order chi connectivity index (χ0) is 39.9. The van der Waals surface area contributed by atoms with Crippen LogP contribution in [-0.4, -0.2) is 0 Å². The molecular formula is C58H51N. The Morgan fingerprint density at radius 3 is 1.53 bits per heavy atom. The van der Waals surface area contributed by atoms with E-state index in [4.69, 9.17) is 0 Å². The lowest BCUT2D eigenvalue weighted by Crippen LogP contribution is -2.17. The van der Waals surface area contributed by atoms with Gasteiger partial charge >= 0.3 is 0 Å². The topological polar surface area (TPSA) is 3.24 Å². The second kappa shape index (κ2) is 13.7. The molecule has 1 nitrogen and oxygen atoms in total. The molecule has 0 bridgehead atoms. The van der Waals surface area contributed by atoms with E-state index in [1.54, 1.807) is 0 Å². The van der Waals surface area contributed by atoms with E-state index in [9.17, 15) is 0 Å². The second-order valence-corrected chi connectivity index (χ2v) is 18.4. The summed E-state index contributed by atoms with van der Waals surface area (Å²) in [4.78, 5) is 2.52. The molecule has 0 radical (unpaired) electrons. The minimum atomic E-state index is -0.117. The van der Waals surface area contributed by atoms with Gasteiger partial charge in [-0.3, -0.25) is 0 Å². The van der Waals surface area contributed by atoms with Crippen LogP contribution in [0.2, 0.25) is 0 Å². The number of nitrogens with zero attached hydrogens (tertiary/aromatic N) is 1. The van der Waals surface area contributed by atoms with Gasteiger partial charge in [0.15, 0.2) is 0 Å². The summed E-state index contributed by atoms with van der Waals surface area (Å²) in [6.07, 6.45) is 6.75. The lowest BCUT2D eigenvalue weighted by atomic mass is 9.81. The number of fused-ring (bicyclic) bond motifs is 7. The van der Waals surface area contributed by atoms with Crippen LogP contribution in [0.15, 0.2) is 170 Å². The van der Waals surface area contributed by atoms with Crippen LogP contribution in [-0.2, 0) is 10.8 Å². The predicted molar refractivity (Wildman–Crippen MR) is 250 cm³/mol. The molecule has 0 heterocycles. The lowest BCUT2D eigenvalue weighted by Gasteiger charge is -2.30. The highest BCUT2D eigenvalue weighted by atomic mass is 15.1. The van der Waals surface area contributed by atoms with Crippen molar-refractivity contribution in [3.05, 3.63) is 198 Å². The molecule has 0 N–H and O–H groups in total. The van der Waals surface area contributed by atoms with Gasteiger partial charge in [0.05, 0.1) is 5.69 Å². The maximum absolute atomic E-state index is 2.52. The second-order valence-electron chi connectivity index (χ2n) is 18.4. The summed E-state index contributed by atoms with van der Waals surface area (Å²) in [6, 6.07) is 64.7. The van der Waals surface area contributed by atoms with Gasteiger partial charge in [0.1, 0.15) is 0 Å². The first-order valence-electron chi connectivity index (χ1n) is 21.8. The van der Waals surface area contributed by atoms with Gasteiger partial charge in [0.25, 0.3) is 0 Å². The lowest BCUT2D eigenvalue weighted by molar-refractivity contribution is 0.443. The summed E-state index contributed by atoms with van der Waals surface area (Å²) >= 11 is 0. The third-order valence-electron chi connectivity index (χ3n) is 14.3. The van der Waals surface area contributed by atoms with Crippen LogP contribution in [0.25, 0.3) is 55.3 Å². The summed E-state index contributed by atoms with van der Waals surface area (Å²) in [5.41, 5.74) is 20.7. The van der Waals surface area contributed by atoms with Crippen LogP contribution >= 0.6 is 0 Å². The van der Waals surface area contributed by atoms with E-state index < -0.39 is 0 Å². The van der Waals surface area contributed by atoms with Crippen LogP contribution in [0, 0.1) is 0 Å². The van der Waals surface area contributed by atoms with Crippen molar-refractivity contribution in [2.24, 2.45) is 0 Å². The van der Waals surface area contributed by atoms with Crippen LogP contribution < -0.4 is 4.90 Å². The first kappa shape index (κ1) is 35.9. The Kier molecular flexibility index (Phi) is 8.35. The molecule has 0 amide bonds. The average Bonchev–Trinajstić information content (AvgIpc) is 3.66. The van der Waals surface area contributed by atoms with Crippen molar-refractivity contribution >= 4 is 27.8 Å². The Bertz CT molecular complexity index is 2900. The predicted octanol–water partition coefficient (Wildman–Crippen LogP) is 16.3. The Morgan fingerprint density at radius 1 is 0.390 bits per heavy atom. The summed E-state index contributed by atoms with van der Waals surface area (Å²) in [7, 11) is 0. The van der Waals surface area contributed by atoms with Crippen molar-refractivity contribution in [1.29, 1.82) is 0 Å². The summed E-state index contributed by atoms with van der Waals surface area (Å²) in [6.45, 7) is 9.52. The van der Waals surface area contributed by atoms with Crippen molar-refractivity contribution in [3.63, 3.8) is 0 Å². The first-order valence-corrected chi connectivity index (χ1v) is 21.8. The van der Waals surface area contributed by atoms with Gasteiger partial charge in [0.2, 0.25) is 0 Å². The van der Waals surface area contributed by atoms with E-state index in [0.29, 0.717) is 5.92 Å². The molecule has 1 fully saturated rings. The van der Waals surface area contributed by atoms with Crippen molar-refractivity contribution in [1.82, 2.24) is 0 Å². The fourth-order valence-electron chi connectivity index (χ4n) is 11.0. The first-order chi connectivity index (χ1) is 28.8. The number of anilines is 3. The number of rotatable bonds is 6. The maximum atomic E-state index is 2.52. The Morgan fingerprint density at radius 2 is 0.881 bits per heavy atom. The van der Waals surface area contributed by atoms with E-state index in [1.807, 2.05) is 0 Å². The Labute approximate surface area is 350 Å². The molecule has 0 unspecified atom stereocenters. The smallest absolute Gasteiger partial charge is 0.0546 e. The molecule has 0 spiro atoms. The SMILES string of the molecule is CC1(C)c2ccccc2-c2ccc(-c3cc4ccccc4cc3N(c3ccc(-c4ccc(C5CCCCC5)cc4)cc3)c3ccc4c(c3)C(C)(C)c3ccccc3-4)cc21. The molecule has 0 atom stereocenters. The van der Waals surface area contributed by atoms with Crippen molar-refractivity contribution in [2.75, 3.05) is 4.90 Å². The molecule has 288 valence electrons. The Balaban J connectivity index is 1.08. The molecule has 0 saturated heterocycles. The third-order valence-corrected chi connectivity index (χ3v) is 14.3. The Hall–Kier alpha value is -6.18. The zero-order valence-electron chi connectivity index (χ0n) is 34.7. The van der Waals surface area contributed by atoms with E-state index in [2.05, 4.69) is 202 Å². The normalized spacial score (nSPS) is 16.0. The highest BCUT2D eigenvalue weighted by Crippen LogP contribution is 2.53. The third kappa shape index (κ3) is 5.81. The van der Waals surface area contributed by atoms with Gasteiger partial charge in [-0.1, -0.05) is 174 Å². The minimum absolute atomic E-state index is 0.0936. The summed E-state index contributed by atoms with van der Waals surface area (Å²) in [5.74, 6) is 0.710. The largest absolute Gasteiger partial charge is 0.310 e. The summed E-state index contributed by atoms with van der Waals surface area (Å²) < 4.78 is 0. The van der Waals surface area contributed by atoms with Crippen LogP contribution in [0.1, 0.15) is 93.5 Å². The average molecular weight is 762 g/mol. The van der Waals surface area contributed by atoms with Crippen LogP contribution in [0.3, 0.4) is 0 Å². The number of hydrogen-bond donors (Lipinski definition) is 0. The zero-order valence-corrected chi connectivity index (χ0v) is 34.7. The molecule has 0 aliphatic heterocycles. The monoisotopic (exact) mass is 761 g/mol. The van der Waals surface area contributed by atoms with E-state index in [-0.39, 0.29) is 10.8 Å². The minimum Gasteiger partial charge on any atom is -0.310 e. The molecule has 3 aliphatic rings. The van der Waals surface area contributed by atoms with Gasteiger partial charge in [0, 0.05) is 27.8 Å². The van der Waals surface area contributed by atoms with Gasteiger partial charge in [-0.2, -0.15) is 0 Å². The molecule has 11 rings (SSSR count). The standard InChI is InChI=1S/C58H51N/c1-57(2)52-20-12-10-18-47(52)49-32-28-44(35-54(49)57)51-34-42-16-8-9-17-43(42)36-56(51)59(46-31-33-50-48-19-11-13-21-53(48)58(3,4)55(50)37-46)45-29-26-41(27-30-45)40-24-22-39(23-25-40)38-14-6-5-7-15-38/h8-13,16-38H,5-7,14-15H2,1-4H3. The van der Waals surface area contributed by atoms with E-state index in [0.717, 1.165) is 5.69 Å². The molecule has 3 aliphatic carbocycles. The number of benzene rings is 8. The van der Waals surface area contributed by atoms with E-state index in [1.165, 1.54) is 127 Å². The van der Waals surface area contributed by atoms with Gasteiger partial charge in [-0.25, -0.2) is 0 Å². The molecule has 0 aromatic heterocycles. The number of hydrogen-bond acceptors (Lipinski definition) is 1.